The van der Waals surface area contributed by atoms with Crippen LogP contribution in [0.3, 0.4) is 0 Å². The van der Waals surface area contributed by atoms with Gasteiger partial charge >= 0.3 is 5.97 Å². The first-order chi connectivity index (χ1) is 8.31. The quantitative estimate of drug-likeness (QED) is 0.544. The molecule has 0 saturated carbocycles. The van der Waals surface area contributed by atoms with E-state index >= 15 is 0 Å². The Hall–Kier alpha value is -2.08. The molecule has 0 N–H and O–H groups in total. The molecule has 0 unspecified atom stereocenters. The number of pyridine rings is 1. The van der Waals surface area contributed by atoms with E-state index in [0.717, 1.165) is 36.1 Å². The van der Waals surface area contributed by atoms with Crippen molar-refractivity contribution in [1.82, 2.24) is 4.98 Å². The van der Waals surface area contributed by atoms with Crippen LogP contribution in [0.1, 0.15) is 25.0 Å². The Labute approximate surface area is 101 Å². The molecule has 86 valence electrons. The minimum Gasteiger partial charge on any atom is -0.466 e. The Kier molecular flexibility index (Phi) is 3.56. The smallest absolute Gasteiger partial charge is 0.334 e. The van der Waals surface area contributed by atoms with Crippen molar-refractivity contribution < 1.29 is 9.53 Å². The number of hydrogen-bond donors (Lipinski definition) is 0. The highest BCUT2D eigenvalue weighted by atomic mass is 16.5. The largest absolute Gasteiger partial charge is 0.466 e. The summed E-state index contributed by atoms with van der Waals surface area (Å²) < 4.78 is 4.74. The van der Waals surface area contributed by atoms with Gasteiger partial charge in [0.15, 0.2) is 0 Å². The molecule has 1 heterocycles. The van der Waals surface area contributed by atoms with Gasteiger partial charge in [0.1, 0.15) is 5.69 Å². The first-order valence-corrected chi connectivity index (χ1v) is 5.54. The lowest BCUT2D eigenvalue weighted by atomic mass is 10.1. The number of hydrogen-bond acceptors (Lipinski definition) is 3. The summed E-state index contributed by atoms with van der Waals surface area (Å²) in [6.07, 6.45) is 4.29. The first-order valence-electron chi connectivity index (χ1n) is 5.54. The Bertz CT molecular complexity index is 506. The van der Waals surface area contributed by atoms with E-state index in [-0.39, 0.29) is 5.97 Å². The van der Waals surface area contributed by atoms with Gasteiger partial charge in [0, 0.05) is 17.3 Å². The molecule has 0 saturated heterocycles. The maximum absolute atomic E-state index is 11.5. The molecule has 0 radical (unpaired) electrons. The maximum Gasteiger partial charge on any atom is 0.334 e. The summed E-state index contributed by atoms with van der Waals surface area (Å²) in [6.45, 7) is 0. The molecule has 0 bridgehead atoms. The third-order valence-electron chi connectivity index (χ3n) is 2.66. The van der Waals surface area contributed by atoms with Gasteiger partial charge in [-0.05, 0) is 37.3 Å². The number of ether oxygens (including phenoxy) is 1. The van der Waals surface area contributed by atoms with E-state index in [1.165, 1.54) is 7.11 Å². The van der Waals surface area contributed by atoms with Gasteiger partial charge in [-0.1, -0.05) is 12.0 Å². The molecule has 1 aliphatic rings. The SMILES string of the molecule is COC(=O)C1=C(C#Cc2ccccn2)CCC1. The van der Waals surface area contributed by atoms with E-state index in [1.54, 1.807) is 6.20 Å². The summed E-state index contributed by atoms with van der Waals surface area (Å²) in [6, 6.07) is 5.58. The second kappa shape index (κ2) is 5.31. The summed E-state index contributed by atoms with van der Waals surface area (Å²) in [5.74, 6) is 5.74. The Balaban J connectivity index is 2.24. The number of esters is 1. The van der Waals surface area contributed by atoms with Crippen LogP contribution in [0.15, 0.2) is 35.5 Å². The lowest BCUT2D eigenvalue weighted by Crippen LogP contribution is -2.03. The van der Waals surface area contributed by atoms with Crippen molar-refractivity contribution in [2.75, 3.05) is 7.11 Å². The zero-order valence-electron chi connectivity index (χ0n) is 9.69. The van der Waals surface area contributed by atoms with E-state index in [0.29, 0.717) is 0 Å². The number of carbonyl (C=O) groups excluding carboxylic acids is 1. The molecule has 0 fully saturated rings. The summed E-state index contributed by atoms with van der Waals surface area (Å²) in [4.78, 5) is 15.6. The molecule has 1 aliphatic carbocycles. The zero-order valence-corrected chi connectivity index (χ0v) is 9.69. The van der Waals surface area contributed by atoms with Crippen LogP contribution in [0, 0.1) is 11.8 Å². The van der Waals surface area contributed by atoms with Gasteiger partial charge in [0.2, 0.25) is 0 Å². The molecule has 1 aromatic rings. The third-order valence-corrected chi connectivity index (χ3v) is 2.66. The molecule has 2 rings (SSSR count). The molecule has 3 heteroatoms. The average Bonchev–Trinajstić information content (AvgIpc) is 2.85. The number of methoxy groups -OCH3 is 1. The fourth-order valence-corrected chi connectivity index (χ4v) is 1.81. The normalized spacial score (nSPS) is 14.2. The van der Waals surface area contributed by atoms with Gasteiger partial charge in [-0.2, -0.15) is 0 Å². The van der Waals surface area contributed by atoms with Crippen LogP contribution in [0.5, 0.6) is 0 Å². The van der Waals surface area contributed by atoms with Crippen molar-refractivity contribution in [3.05, 3.63) is 41.2 Å². The van der Waals surface area contributed by atoms with Crippen molar-refractivity contribution in [2.24, 2.45) is 0 Å². The number of allylic oxidation sites excluding steroid dienone is 1. The molecule has 3 nitrogen and oxygen atoms in total. The van der Waals surface area contributed by atoms with Crippen molar-refractivity contribution in [2.45, 2.75) is 19.3 Å². The van der Waals surface area contributed by atoms with E-state index < -0.39 is 0 Å². The molecular weight excluding hydrogens is 214 g/mol. The predicted molar refractivity (Wildman–Crippen MR) is 64.0 cm³/mol. The summed E-state index contributed by atoms with van der Waals surface area (Å²) in [5, 5.41) is 0. The summed E-state index contributed by atoms with van der Waals surface area (Å²) in [5.41, 5.74) is 2.33. The second-order valence-electron chi connectivity index (χ2n) is 3.77. The highest BCUT2D eigenvalue weighted by Crippen LogP contribution is 2.26. The van der Waals surface area contributed by atoms with E-state index in [2.05, 4.69) is 16.8 Å². The fraction of sp³-hybridized carbons (Fsp3) is 0.286. The minimum atomic E-state index is -0.257. The van der Waals surface area contributed by atoms with Gasteiger partial charge in [-0.15, -0.1) is 0 Å². The van der Waals surface area contributed by atoms with Gasteiger partial charge < -0.3 is 4.74 Å². The van der Waals surface area contributed by atoms with Crippen molar-refractivity contribution >= 4 is 5.97 Å². The highest BCUT2D eigenvalue weighted by Gasteiger charge is 2.19. The van der Waals surface area contributed by atoms with E-state index in [4.69, 9.17) is 4.74 Å². The van der Waals surface area contributed by atoms with Crippen LogP contribution >= 0.6 is 0 Å². The number of rotatable bonds is 1. The van der Waals surface area contributed by atoms with Crippen LogP contribution in [0.4, 0.5) is 0 Å². The molecule has 17 heavy (non-hydrogen) atoms. The van der Waals surface area contributed by atoms with Crippen molar-refractivity contribution in [3.63, 3.8) is 0 Å². The highest BCUT2D eigenvalue weighted by molar-refractivity contribution is 5.90. The van der Waals surface area contributed by atoms with E-state index in [1.807, 2.05) is 18.2 Å². The molecule has 1 aromatic heterocycles. The minimum absolute atomic E-state index is 0.257. The zero-order chi connectivity index (χ0) is 12.1. The monoisotopic (exact) mass is 227 g/mol. The molecular formula is C14H13NO2. The lowest BCUT2D eigenvalue weighted by Gasteiger charge is -1.99. The molecule has 0 amide bonds. The van der Waals surface area contributed by atoms with Crippen LogP contribution in [-0.2, 0) is 9.53 Å². The Morgan fingerprint density at radius 3 is 2.94 bits per heavy atom. The Morgan fingerprint density at radius 2 is 2.24 bits per heavy atom. The second-order valence-corrected chi connectivity index (χ2v) is 3.77. The summed E-state index contributed by atoms with van der Waals surface area (Å²) in [7, 11) is 1.40. The third kappa shape index (κ3) is 2.73. The standard InChI is InChI=1S/C14H13NO2/c1-17-14(16)13-7-4-5-11(13)8-9-12-6-2-3-10-15-12/h2-3,6,10H,4-5,7H2,1H3. The Morgan fingerprint density at radius 1 is 1.35 bits per heavy atom. The lowest BCUT2D eigenvalue weighted by molar-refractivity contribution is -0.136. The van der Waals surface area contributed by atoms with Crippen LogP contribution in [0.25, 0.3) is 0 Å². The van der Waals surface area contributed by atoms with Gasteiger partial charge in [-0.3, -0.25) is 0 Å². The topological polar surface area (TPSA) is 39.2 Å². The molecule has 0 aliphatic heterocycles. The predicted octanol–water partition coefficient (Wildman–Crippen LogP) is 2.09. The molecule has 0 aromatic carbocycles. The summed E-state index contributed by atoms with van der Waals surface area (Å²) >= 11 is 0. The first kappa shape index (κ1) is 11.4. The van der Waals surface area contributed by atoms with Crippen molar-refractivity contribution in [1.29, 1.82) is 0 Å². The van der Waals surface area contributed by atoms with Crippen LogP contribution in [-0.4, -0.2) is 18.1 Å². The van der Waals surface area contributed by atoms with Crippen LogP contribution < -0.4 is 0 Å². The van der Waals surface area contributed by atoms with Gasteiger partial charge in [0.25, 0.3) is 0 Å². The number of nitrogens with zero attached hydrogens (tertiary/aromatic N) is 1. The van der Waals surface area contributed by atoms with Crippen molar-refractivity contribution in [3.8, 4) is 11.8 Å². The molecule has 0 atom stereocenters. The fourth-order valence-electron chi connectivity index (χ4n) is 1.81. The number of aromatic nitrogens is 1. The van der Waals surface area contributed by atoms with Gasteiger partial charge in [0.05, 0.1) is 7.11 Å². The van der Waals surface area contributed by atoms with E-state index in [9.17, 15) is 4.79 Å². The maximum atomic E-state index is 11.5. The van der Waals surface area contributed by atoms with Crippen LogP contribution in [0.2, 0.25) is 0 Å². The average molecular weight is 227 g/mol. The van der Waals surface area contributed by atoms with Gasteiger partial charge in [-0.25, -0.2) is 9.78 Å². The molecule has 0 spiro atoms. The number of carbonyl (C=O) groups is 1.